The highest BCUT2D eigenvalue weighted by atomic mass is 16.5. The number of amides is 1. The van der Waals surface area contributed by atoms with Gasteiger partial charge in [-0.05, 0) is 5.92 Å². The van der Waals surface area contributed by atoms with Crippen LogP contribution in [-0.4, -0.2) is 60.9 Å². The molecular weight excluding hydrogens is 250 g/mol. The fraction of sp³-hybridized carbons (Fsp3) is 0.846. The molecule has 1 heterocycles. The van der Waals surface area contributed by atoms with Gasteiger partial charge in [0.1, 0.15) is 0 Å². The van der Waals surface area contributed by atoms with Crippen molar-refractivity contribution in [2.45, 2.75) is 32.8 Å². The third-order valence-electron chi connectivity index (χ3n) is 2.81. The van der Waals surface area contributed by atoms with Crippen LogP contribution in [0.3, 0.4) is 0 Å². The normalized spacial score (nSPS) is 19.7. The first-order valence-corrected chi connectivity index (χ1v) is 6.68. The Balaban J connectivity index is 2.25. The van der Waals surface area contributed by atoms with Gasteiger partial charge in [-0.25, -0.2) is 0 Å². The molecule has 1 fully saturated rings. The number of nitrogens with zero attached hydrogens (tertiary/aromatic N) is 1. The molecule has 1 N–H and O–H groups in total. The van der Waals surface area contributed by atoms with Gasteiger partial charge in [0.05, 0.1) is 32.2 Å². The number of hydrogen-bond donors (Lipinski definition) is 1. The van der Waals surface area contributed by atoms with Crippen molar-refractivity contribution >= 4 is 11.9 Å². The zero-order chi connectivity index (χ0) is 14.3. The number of aliphatic carboxylic acids is 1. The Labute approximate surface area is 113 Å². The lowest BCUT2D eigenvalue weighted by Gasteiger charge is -2.32. The predicted molar refractivity (Wildman–Crippen MR) is 68.8 cm³/mol. The summed E-state index contributed by atoms with van der Waals surface area (Å²) < 4.78 is 10.7. The summed E-state index contributed by atoms with van der Waals surface area (Å²) in [7, 11) is 0. The van der Waals surface area contributed by atoms with Gasteiger partial charge in [0.15, 0.2) is 0 Å². The van der Waals surface area contributed by atoms with Gasteiger partial charge in [-0.15, -0.1) is 0 Å². The zero-order valence-corrected chi connectivity index (χ0v) is 11.6. The van der Waals surface area contributed by atoms with E-state index in [1.54, 1.807) is 4.90 Å². The fourth-order valence-electron chi connectivity index (χ4n) is 1.90. The Bertz CT molecular complexity index is 305. The Kier molecular flexibility index (Phi) is 6.80. The quantitative estimate of drug-likeness (QED) is 0.693. The molecule has 0 aromatic heterocycles. The van der Waals surface area contributed by atoms with Gasteiger partial charge in [-0.2, -0.15) is 0 Å². The van der Waals surface area contributed by atoms with Gasteiger partial charge in [-0.3, -0.25) is 9.59 Å². The van der Waals surface area contributed by atoms with Crippen LogP contribution in [0.2, 0.25) is 0 Å². The molecule has 0 aliphatic carbocycles. The van der Waals surface area contributed by atoms with E-state index < -0.39 is 12.1 Å². The Morgan fingerprint density at radius 2 is 2.21 bits per heavy atom. The first kappa shape index (κ1) is 15.9. The van der Waals surface area contributed by atoms with E-state index in [-0.39, 0.29) is 12.3 Å². The van der Waals surface area contributed by atoms with Crippen molar-refractivity contribution in [2.75, 3.05) is 32.9 Å². The smallest absolute Gasteiger partial charge is 0.306 e. The van der Waals surface area contributed by atoms with Gasteiger partial charge < -0.3 is 19.5 Å². The highest BCUT2D eigenvalue weighted by molar-refractivity contribution is 5.76. The van der Waals surface area contributed by atoms with Gasteiger partial charge >= 0.3 is 5.97 Å². The summed E-state index contributed by atoms with van der Waals surface area (Å²) in [5, 5.41) is 8.71. The first-order chi connectivity index (χ1) is 8.99. The average molecular weight is 273 g/mol. The number of ether oxygens (including phenoxy) is 2. The maximum Gasteiger partial charge on any atom is 0.306 e. The molecule has 1 aliphatic rings. The van der Waals surface area contributed by atoms with Crippen molar-refractivity contribution in [2.24, 2.45) is 5.92 Å². The van der Waals surface area contributed by atoms with E-state index in [0.29, 0.717) is 45.2 Å². The first-order valence-electron chi connectivity index (χ1n) is 6.68. The van der Waals surface area contributed by atoms with Crippen molar-refractivity contribution in [3.8, 4) is 0 Å². The Morgan fingerprint density at radius 3 is 2.84 bits per heavy atom. The molecule has 0 radical (unpaired) electrons. The molecule has 1 atom stereocenters. The number of carbonyl (C=O) groups excluding carboxylic acids is 1. The number of rotatable bonds is 7. The maximum absolute atomic E-state index is 11.9. The molecule has 0 saturated carbocycles. The molecule has 110 valence electrons. The Hall–Kier alpha value is -1.14. The second-order valence-electron chi connectivity index (χ2n) is 5.15. The third kappa shape index (κ3) is 6.54. The summed E-state index contributed by atoms with van der Waals surface area (Å²) in [5.74, 6) is -0.444. The summed E-state index contributed by atoms with van der Waals surface area (Å²) >= 11 is 0. The van der Waals surface area contributed by atoms with Gasteiger partial charge in [-0.1, -0.05) is 13.8 Å². The summed E-state index contributed by atoms with van der Waals surface area (Å²) in [6.07, 6.45) is -0.119. The Morgan fingerprint density at radius 1 is 1.47 bits per heavy atom. The van der Waals surface area contributed by atoms with Crippen molar-refractivity contribution in [3.05, 3.63) is 0 Å². The minimum atomic E-state index is -0.903. The van der Waals surface area contributed by atoms with Crippen molar-refractivity contribution in [1.82, 2.24) is 4.90 Å². The van der Waals surface area contributed by atoms with E-state index >= 15 is 0 Å². The molecule has 6 nitrogen and oxygen atoms in total. The molecule has 1 saturated heterocycles. The van der Waals surface area contributed by atoms with Crippen LogP contribution in [0.1, 0.15) is 26.7 Å². The van der Waals surface area contributed by atoms with E-state index in [9.17, 15) is 9.59 Å². The molecule has 1 amide bonds. The maximum atomic E-state index is 11.9. The predicted octanol–water partition coefficient (Wildman–Crippen LogP) is 0.751. The fourth-order valence-corrected chi connectivity index (χ4v) is 1.90. The molecule has 6 heteroatoms. The second kappa shape index (κ2) is 8.12. The van der Waals surface area contributed by atoms with Crippen LogP contribution in [0.15, 0.2) is 0 Å². The van der Waals surface area contributed by atoms with Crippen LogP contribution < -0.4 is 0 Å². The van der Waals surface area contributed by atoms with Crippen LogP contribution in [-0.2, 0) is 19.1 Å². The lowest BCUT2D eigenvalue weighted by Crippen LogP contribution is -2.46. The van der Waals surface area contributed by atoms with Gasteiger partial charge in [0.25, 0.3) is 0 Å². The number of carbonyl (C=O) groups is 2. The average Bonchev–Trinajstić information content (AvgIpc) is 2.33. The van der Waals surface area contributed by atoms with Crippen molar-refractivity contribution < 1.29 is 24.2 Å². The van der Waals surface area contributed by atoms with Crippen molar-refractivity contribution in [1.29, 1.82) is 0 Å². The second-order valence-corrected chi connectivity index (χ2v) is 5.15. The van der Waals surface area contributed by atoms with E-state index in [0.717, 1.165) is 0 Å². The minimum Gasteiger partial charge on any atom is -0.481 e. The van der Waals surface area contributed by atoms with Crippen LogP contribution in [0.25, 0.3) is 0 Å². The van der Waals surface area contributed by atoms with Gasteiger partial charge in [0.2, 0.25) is 5.91 Å². The number of carboxylic acids is 1. The highest BCUT2D eigenvalue weighted by Gasteiger charge is 2.25. The van der Waals surface area contributed by atoms with Crippen LogP contribution in [0, 0.1) is 5.92 Å². The molecule has 1 rings (SSSR count). The van der Waals surface area contributed by atoms with Gasteiger partial charge in [0, 0.05) is 19.7 Å². The van der Waals surface area contributed by atoms with Crippen LogP contribution in [0.4, 0.5) is 0 Å². The van der Waals surface area contributed by atoms with Crippen LogP contribution >= 0.6 is 0 Å². The molecule has 1 unspecified atom stereocenters. The van der Waals surface area contributed by atoms with Crippen molar-refractivity contribution in [3.63, 3.8) is 0 Å². The van der Waals surface area contributed by atoms with E-state index in [1.807, 2.05) is 0 Å². The van der Waals surface area contributed by atoms with Crippen LogP contribution in [0.5, 0.6) is 0 Å². The monoisotopic (exact) mass is 273 g/mol. The summed E-state index contributed by atoms with van der Waals surface area (Å²) in [5.41, 5.74) is 0. The lowest BCUT2D eigenvalue weighted by molar-refractivity contribution is -0.148. The lowest BCUT2D eigenvalue weighted by atomic mass is 10.2. The zero-order valence-electron chi connectivity index (χ0n) is 11.6. The standard InChI is InChI=1S/C13H23NO5/c1-10(2)9-18-5-3-12(15)14-4-6-19-11(8-14)7-13(16)17/h10-11H,3-9H2,1-2H3,(H,16,17). The largest absolute Gasteiger partial charge is 0.481 e. The summed E-state index contributed by atoms with van der Waals surface area (Å²) in [6.45, 7) is 6.46. The third-order valence-corrected chi connectivity index (χ3v) is 2.81. The summed E-state index contributed by atoms with van der Waals surface area (Å²) in [4.78, 5) is 24.2. The minimum absolute atomic E-state index is 0.00226. The number of hydrogen-bond acceptors (Lipinski definition) is 4. The number of carboxylic acid groups (broad SMARTS) is 1. The van der Waals surface area contributed by atoms with E-state index in [4.69, 9.17) is 14.6 Å². The molecule has 0 spiro atoms. The topological polar surface area (TPSA) is 76.1 Å². The molecule has 0 aromatic rings. The highest BCUT2D eigenvalue weighted by Crippen LogP contribution is 2.10. The number of morpholine rings is 1. The molecular formula is C13H23NO5. The molecule has 1 aliphatic heterocycles. The molecule has 0 aromatic carbocycles. The molecule has 19 heavy (non-hydrogen) atoms. The summed E-state index contributed by atoms with van der Waals surface area (Å²) in [6, 6.07) is 0. The van der Waals surface area contributed by atoms with E-state index in [1.165, 1.54) is 0 Å². The molecule has 0 bridgehead atoms. The van der Waals surface area contributed by atoms with E-state index in [2.05, 4.69) is 13.8 Å². The SMILES string of the molecule is CC(C)COCCC(=O)N1CCOC(CC(=O)O)C1.